The summed E-state index contributed by atoms with van der Waals surface area (Å²) in [5, 5.41) is 2.99. The van der Waals surface area contributed by atoms with Crippen LogP contribution in [0.25, 0.3) is 0 Å². The molecule has 1 aliphatic rings. The summed E-state index contributed by atoms with van der Waals surface area (Å²) in [5.74, 6) is 0.0973. The largest absolute Gasteiger partial charge is 0.374 e. The van der Waals surface area contributed by atoms with Gasteiger partial charge in [-0.15, -0.1) is 0 Å². The number of fused-ring (bicyclic) bond motifs is 1. The van der Waals surface area contributed by atoms with Crippen molar-refractivity contribution in [1.29, 1.82) is 0 Å². The van der Waals surface area contributed by atoms with Crippen molar-refractivity contribution in [3.05, 3.63) is 29.3 Å². The van der Waals surface area contributed by atoms with Gasteiger partial charge in [-0.05, 0) is 23.6 Å². The second kappa shape index (κ2) is 4.63. The highest BCUT2D eigenvalue weighted by atomic mass is 16.2. The Labute approximate surface area is 109 Å². The number of nitrogens with zero attached hydrogens (tertiary/aromatic N) is 1. The van der Waals surface area contributed by atoms with Gasteiger partial charge in [0.2, 0.25) is 5.91 Å². The SMILES string of the molecule is CN1CCc2cc(CNC(=O)C(C)(C)C)ccc21. The number of amides is 1. The maximum absolute atomic E-state index is 11.8. The zero-order valence-electron chi connectivity index (χ0n) is 11.7. The zero-order valence-corrected chi connectivity index (χ0v) is 11.7. The highest BCUT2D eigenvalue weighted by Gasteiger charge is 2.21. The fraction of sp³-hybridized carbons (Fsp3) is 0.533. The molecule has 18 heavy (non-hydrogen) atoms. The van der Waals surface area contributed by atoms with Gasteiger partial charge in [0.15, 0.2) is 0 Å². The van der Waals surface area contributed by atoms with Crippen LogP contribution in [0, 0.1) is 5.41 Å². The fourth-order valence-corrected chi connectivity index (χ4v) is 2.18. The molecule has 1 aromatic rings. The quantitative estimate of drug-likeness (QED) is 0.868. The lowest BCUT2D eigenvalue weighted by Crippen LogP contribution is -2.34. The normalized spacial score (nSPS) is 14.6. The van der Waals surface area contributed by atoms with Gasteiger partial charge in [-0.2, -0.15) is 0 Å². The van der Waals surface area contributed by atoms with Crippen LogP contribution in [0.5, 0.6) is 0 Å². The molecule has 0 radical (unpaired) electrons. The summed E-state index contributed by atoms with van der Waals surface area (Å²) in [5.41, 5.74) is 3.57. The first kappa shape index (κ1) is 12.9. The van der Waals surface area contributed by atoms with Crippen molar-refractivity contribution in [2.24, 2.45) is 5.41 Å². The topological polar surface area (TPSA) is 32.3 Å². The van der Waals surface area contributed by atoms with Gasteiger partial charge in [-0.25, -0.2) is 0 Å². The van der Waals surface area contributed by atoms with Crippen LogP contribution in [0.15, 0.2) is 18.2 Å². The third-order valence-electron chi connectivity index (χ3n) is 3.41. The lowest BCUT2D eigenvalue weighted by Gasteiger charge is -2.18. The maximum Gasteiger partial charge on any atom is 0.225 e. The maximum atomic E-state index is 11.8. The van der Waals surface area contributed by atoms with E-state index in [0.717, 1.165) is 13.0 Å². The van der Waals surface area contributed by atoms with Crippen LogP contribution in [-0.4, -0.2) is 19.5 Å². The van der Waals surface area contributed by atoms with Crippen LogP contribution in [0.2, 0.25) is 0 Å². The molecular weight excluding hydrogens is 224 g/mol. The van der Waals surface area contributed by atoms with Crippen molar-refractivity contribution in [2.45, 2.75) is 33.7 Å². The van der Waals surface area contributed by atoms with Crippen molar-refractivity contribution in [1.82, 2.24) is 5.32 Å². The summed E-state index contributed by atoms with van der Waals surface area (Å²) in [6.45, 7) is 7.50. The smallest absolute Gasteiger partial charge is 0.225 e. The Balaban J connectivity index is 2.02. The Kier molecular flexibility index (Phi) is 3.33. The van der Waals surface area contributed by atoms with Gasteiger partial charge in [-0.3, -0.25) is 4.79 Å². The fourth-order valence-electron chi connectivity index (χ4n) is 2.18. The number of hydrogen-bond donors (Lipinski definition) is 1. The summed E-state index contributed by atoms with van der Waals surface area (Å²) < 4.78 is 0. The van der Waals surface area contributed by atoms with Gasteiger partial charge in [0.1, 0.15) is 0 Å². The molecule has 0 saturated heterocycles. The average molecular weight is 246 g/mol. The first-order chi connectivity index (χ1) is 8.38. The Morgan fingerprint density at radius 3 is 2.78 bits per heavy atom. The van der Waals surface area contributed by atoms with Gasteiger partial charge in [0.25, 0.3) is 0 Å². The molecule has 3 nitrogen and oxygen atoms in total. The lowest BCUT2D eigenvalue weighted by atomic mass is 9.95. The molecule has 0 aromatic heterocycles. The Morgan fingerprint density at radius 1 is 1.39 bits per heavy atom. The van der Waals surface area contributed by atoms with Crippen LogP contribution < -0.4 is 10.2 Å². The number of carbonyl (C=O) groups excluding carboxylic acids is 1. The van der Waals surface area contributed by atoms with Gasteiger partial charge in [0.05, 0.1) is 0 Å². The van der Waals surface area contributed by atoms with Gasteiger partial charge < -0.3 is 10.2 Å². The number of anilines is 1. The van der Waals surface area contributed by atoms with Gasteiger partial charge >= 0.3 is 0 Å². The number of benzene rings is 1. The van der Waals surface area contributed by atoms with E-state index < -0.39 is 0 Å². The van der Waals surface area contributed by atoms with Crippen LogP contribution in [0.1, 0.15) is 31.9 Å². The van der Waals surface area contributed by atoms with Crippen LogP contribution in [0.4, 0.5) is 5.69 Å². The molecule has 0 saturated carbocycles. The molecule has 0 atom stereocenters. The molecule has 1 amide bonds. The molecule has 98 valence electrons. The first-order valence-electron chi connectivity index (χ1n) is 6.49. The summed E-state index contributed by atoms with van der Waals surface area (Å²) >= 11 is 0. The van der Waals surface area contributed by atoms with Crippen molar-refractivity contribution in [3.63, 3.8) is 0 Å². The summed E-state index contributed by atoms with van der Waals surface area (Å²) in [4.78, 5) is 14.1. The minimum atomic E-state index is -0.322. The molecular formula is C15H22N2O. The molecule has 0 bridgehead atoms. The molecule has 3 heteroatoms. The van der Waals surface area contributed by atoms with E-state index in [2.05, 4.69) is 35.5 Å². The van der Waals surface area contributed by atoms with Crippen molar-refractivity contribution in [2.75, 3.05) is 18.5 Å². The Hall–Kier alpha value is -1.51. The predicted octanol–water partition coefficient (Wildman–Crippen LogP) is 2.34. The van der Waals surface area contributed by atoms with Crippen molar-refractivity contribution in [3.8, 4) is 0 Å². The summed E-state index contributed by atoms with van der Waals surface area (Å²) in [6.07, 6.45) is 1.10. The van der Waals surface area contributed by atoms with E-state index >= 15 is 0 Å². The molecule has 0 unspecified atom stereocenters. The van der Waals surface area contributed by atoms with Crippen LogP contribution in [-0.2, 0) is 17.8 Å². The third-order valence-corrected chi connectivity index (χ3v) is 3.41. The molecule has 1 aromatic carbocycles. The molecule has 1 N–H and O–H groups in total. The van der Waals surface area contributed by atoms with E-state index in [0.29, 0.717) is 6.54 Å². The number of likely N-dealkylation sites (N-methyl/N-ethyl adjacent to an activating group) is 1. The van der Waals surface area contributed by atoms with E-state index in [9.17, 15) is 4.79 Å². The van der Waals surface area contributed by atoms with Crippen molar-refractivity contribution < 1.29 is 4.79 Å². The number of nitrogens with one attached hydrogen (secondary N) is 1. The van der Waals surface area contributed by atoms with E-state index in [4.69, 9.17) is 0 Å². The number of rotatable bonds is 2. The van der Waals surface area contributed by atoms with Gasteiger partial charge in [0, 0.05) is 31.2 Å². The molecule has 1 aliphatic heterocycles. The monoisotopic (exact) mass is 246 g/mol. The van der Waals surface area contributed by atoms with E-state index in [1.165, 1.54) is 16.8 Å². The van der Waals surface area contributed by atoms with E-state index in [-0.39, 0.29) is 11.3 Å². The van der Waals surface area contributed by atoms with Gasteiger partial charge in [-0.1, -0.05) is 32.9 Å². The van der Waals surface area contributed by atoms with E-state index in [1.54, 1.807) is 0 Å². The standard InChI is InChI=1S/C15H22N2O/c1-15(2,3)14(18)16-10-11-5-6-13-12(9-11)7-8-17(13)4/h5-6,9H,7-8,10H2,1-4H3,(H,16,18). The Bertz CT molecular complexity index is 460. The third kappa shape index (κ3) is 2.66. The highest BCUT2D eigenvalue weighted by Crippen LogP contribution is 2.27. The highest BCUT2D eigenvalue weighted by molar-refractivity contribution is 5.81. The van der Waals surface area contributed by atoms with Crippen LogP contribution >= 0.6 is 0 Å². The predicted molar refractivity (Wildman–Crippen MR) is 74.7 cm³/mol. The molecule has 0 aliphatic carbocycles. The summed E-state index contributed by atoms with van der Waals surface area (Å²) in [6, 6.07) is 6.46. The zero-order chi connectivity index (χ0) is 13.3. The average Bonchev–Trinajstić information content (AvgIpc) is 2.66. The van der Waals surface area contributed by atoms with Crippen LogP contribution in [0.3, 0.4) is 0 Å². The lowest BCUT2D eigenvalue weighted by molar-refractivity contribution is -0.128. The second-order valence-electron chi connectivity index (χ2n) is 6.07. The Morgan fingerprint density at radius 2 is 2.11 bits per heavy atom. The molecule has 0 spiro atoms. The van der Waals surface area contributed by atoms with E-state index in [1.807, 2.05) is 20.8 Å². The first-order valence-corrected chi connectivity index (χ1v) is 6.49. The number of carbonyl (C=O) groups is 1. The van der Waals surface area contributed by atoms with Crippen molar-refractivity contribution >= 4 is 11.6 Å². The minimum Gasteiger partial charge on any atom is -0.374 e. The number of hydrogen-bond acceptors (Lipinski definition) is 2. The molecule has 0 fully saturated rings. The summed E-state index contributed by atoms with van der Waals surface area (Å²) in [7, 11) is 2.12. The molecule has 2 rings (SSSR count). The minimum absolute atomic E-state index is 0.0973. The molecule has 1 heterocycles. The second-order valence-corrected chi connectivity index (χ2v) is 6.07.